The summed E-state index contributed by atoms with van der Waals surface area (Å²) in [7, 11) is 2.20. The summed E-state index contributed by atoms with van der Waals surface area (Å²) < 4.78 is 0. The minimum absolute atomic E-state index is 0.212. The number of carboxylic acid groups (broad SMARTS) is 1. The van der Waals surface area contributed by atoms with Gasteiger partial charge in [0, 0.05) is 19.1 Å². The molecule has 2 rings (SSSR count). The van der Waals surface area contributed by atoms with Crippen molar-refractivity contribution in [3.8, 4) is 0 Å². The summed E-state index contributed by atoms with van der Waals surface area (Å²) in [6, 6.07) is 0.815. The third kappa shape index (κ3) is 3.46. The zero-order valence-electron chi connectivity index (χ0n) is 10.1. The second kappa shape index (κ2) is 5.15. The van der Waals surface area contributed by atoms with E-state index in [9.17, 15) is 4.79 Å². The highest BCUT2D eigenvalue weighted by molar-refractivity contribution is 5.69. The molecule has 1 N–H and O–H groups in total. The topological polar surface area (TPSA) is 43.8 Å². The number of piperidine rings is 1. The molecule has 0 amide bonds. The largest absolute Gasteiger partial charge is 0.480 e. The SMILES string of the molecule is CN(C[C@H]1CCCN(CC(=O)O)C1)C1CC1. The molecule has 0 aromatic heterocycles. The lowest BCUT2D eigenvalue weighted by Crippen LogP contribution is -2.42. The Balaban J connectivity index is 1.74. The van der Waals surface area contributed by atoms with Crippen LogP contribution in [0.5, 0.6) is 0 Å². The summed E-state index contributed by atoms with van der Waals surface area (Å²) in [6.07, 6.45) is 5.10. The van der Waals surface area contributed by atoms with E-state index >= 15 is 0 Å². The summed E-state index contributed by atoms with van der Waals surface area (Å²) >= 11 is 0. The standard InChI is InChI=1S/C12H22N2O2/c1-13(11-4-5-11)7-10-3-2-6-14(8-10)9-12(15)16/h10-11H,2-9H2,1H3,(H,15,16)/t10-/m1/s1. The molecule has 1 heterocycles. The van der Waals surface area contributed by atoms with Gasteiger partial charge in [0.15, 0.2) is 0 Å². The molecule has 4 heteroatoms. The van der Waals surface area contributed by atoms with Crippen molar-refractivity contribution in [2.45, 2.75) is 31.7 Å². The third-order valence-corrected chi connectivity index (χ3v) is 3.68. The number of carboxylic acids is 1. The fraction of sp³-hybridized carbons (Fsp3) is 0.917. The van der Waals surface area contributed by atoms with Crippen LogP contribution in [-0.4, -0.2) is 60.1 Å². The van der Waals surface area contributed by atoms with E-state index in [0.717, 1.165) is 32.1 Å². The molecule has 1 aliphatic carbocycles. The van der Waals surface area contributed by atoms with Crippen LogP contribution in [0, 0.1) is 5.92 Å². The Kier molecular flexibility index (Phi) is 3.82. The summed E-state index contributed by atoms with van der Waals surface area (Å²) in [5.41, 5.74) is 0. The van der Waals surface area contributed by atoms with E-state index in [0.29, 0.717) is 5.92 Å². The first kappa shape index (κ1) is 11.9. The molecule has 2 aliphatic rings. The van der Waals surface area contributed by atoms with Gasteiger partial charge >= 0.3 is 5.97 Å². The first-order chi connectivity index (χ1) is 7.65. The highest BCUT2D eigenvalue weighted by Crippen LogP contribution is 2.27. The van der Waals surface area contributed by atoms with Crippen molar-refractivity contribution in [2.75, 3.05) is 33.2 Å². The predicted molar refractivity (Wildman–Crippen MR) is 62.5 cm³/mol. The number of likely N-dealkylation sites (tertiary alicyclic amines) is 1. The maximum Gasteiger partial charge on any atom is 0.317 e. The molecule has 4 nitrogen and oxygen atoms in total. The minimum Gasteiger partial charge on any atom is -0.480 e. The summed E-state index contributed by atoms with van der Waals surface area (Å²) in [5.74, 6) is -0.0325. The van der Waals surface area contributed by atoms with Gasteiger partial charge in [0.1, 0.15) is 0 Å². The lowest BCUT2D eigenvalue weighted by Gasteiger charge is -2.33. The Bertz CT molecular complexity index is 253. The molecule has 1 aliphatic heterocycles. The number of aliphatic carboxylic acids is 1. The number of carbonyl (C=O) groups is 1. The quantitative estimate of drug-likeness (QED) is 0.755. The molecule has 92 valence electrons. The second-order valence-corrected chi connectivity index (χ2v) is 5.31. The van der Waals surface area contributed by atoms with Gasteiger partial charge in [0.2, 0.25) is 0 Å². The molecule has 0 spiro atoms. The number of hydrogen-bond acceptors (Lipinski definition) is 3. The molecule has 0 aromatic carbocycles. The van der Waals surface area contributed by atoms with Crippen molar-refractivity contribution < 1.29 is 9.90 Å². The predicted octanol–water partition coefficient (Wildman–Crippen LogP) is 0.877. The molecule has 0 unspecified atom stereocenters. The molecule has 1 saturated heterocycles. The van der Waals surface area contributed by atoms with Gasteiger partial charge in [-0.3, -0.25) is 9.69 Å². The van der Waals surface area contributed by atoms with Crippen molar-refractivity contribution >= 4 is 5.97 Å². The maximum atomic E-state index is 10.7. The number of rotatable bonds is 5. The molecular formula is C12H22N2O2. The normalized spacial score (nSPS) is 27.2. The average Bonchev–Trinajstić information content (AvgIpc) is 2.99. The smallest absolute Gasteiger partial charge is 0.317 e. The minimum atomic E-state index is -0.698. The van der Waals surface area contributed by atoms with Gasteiger partial charge in [-0.15, -0.1) is 0 Å². The molecule has 16 heavy (non-hydrogen) atoms. The van der Waals surface area contributed by atoms with Crippen molar-refractivity contribution in [1.29, 1.82) is 0 Å². The van der Waals surface area contributed by atoms with E-state index in [4.69, 9.17) is 5.11 Å². The van der Waals surface area contributed by atoms with Crippen LogP contribution in [0.1, 0.15) is 25.7 Å². The summed E-state index contributed by atoms with van der Waals surface area (Å²) in [4.78, 5) is 15.2. The molecule has 0 radical (unpaired) electrons. The third-order valence-electron chi connectivity index (χ3n) is 3.68. The van der Waals surface area contributed by atoms with Crippen LogP contribution < -0.4 is 0 Å². The number of nitrogens with zero attached hydrogens (tertiary/aromatic N) is 2. The molecule has 1 atom stereocenters. The first-order valence-corrected chi connectivity index (χ1v) is 6.29. The molecule has 0 bridgehead atoms. The Labute approximate surface area is 97.2 Å². The highest BCUT2D eigenvalue weighted by atomic mass is 16.4. The molecule has 1 saturated carbocycles. The van der Waals surface area contributed by atoms with E-state index in [-0.39, 0.29) is 6.54 Å². The highest BCUT2D eigenvalue weighted by Gasteiger charge is 2.29. The lowest BCUT2D eigenvalue weighted by molar-refractivity contribution is -0.138. The first-order valence-electron chi connectivity index (χ1n) is 6.29. The molecule has 0 aromatic rings. The summed E-state index contributed by atoms with van der Waals surface area (Å²) in [6.45, 7) is 3.27. The monoisotopic (exact) mass is 226 g/mol. The summed E-state index contributed by atoms with van der Waals surface area (Å²) in [5, 5.41) is 8.78. The van der Waals surface area contributed by atoms with E-state index in [1.807, 2.05) is 0 Å². The van der Waals surface area contributed by atoms with Crippen LogP contribution in [0.2, 0.25) is 0 Å². The van der Waals surface area contributed by atoms with Crippen LogP contribution in [-0.2, 0) is 4.79 Å². The second-order valence-electron chi connectivity index (χ2n) is 5.31. The molecule has 2 fully saturated rings. The van der Waals surface area contributed by atoms with Crippen LogP contribution in [0.3, 0.4) is 0 Å². The van der Waals surface area contributed by atoms with Crippen LogP contribution in [0.4, 0.5) is 0 Å². The Morgan fingerprint density at radius 1 is 1.44 bits per heavy atom. The van der Waals surface area contributed by atoms with Crippen LogP contribution >= 0.6 is 0 Å². The van der Waals surface area contributed by atoms with E-state index < -0.39 is 5.97 Å². The van der Waals surface area contributed by atoms with Gasteiger partial charge in [0.05, 0.1) is 6.54 Å². The fourth-order valence-corrected chi connectivity index (χ4v) is 2.71. The number of hydrogen-bond donors (Lipinski definition) is 1. The van der Waals surface area contributed by atoms with Gasteiger partial charge in [-0.2, -0.15) is 0 Å². The van der Waals surface area contributed by atoms with Crippen molar-refractivity contribution in [3.05, 3.63) is 0 Å². The molecular weight excluding hydrogens is 204 g/mol. The maximum absolute atomic E-state index is 10.7. The van der Waals surface area contributed by atoms with Gasteiger partial charge in [-0.25, -0.2) is 0 Å². The van der Waals surface area contributed by atoms with E-state index in [1.165, 1.54) is 19.3 Å². The fourth-order valence-electron chi connectivity index (χ4n) is 2.71. The van der Waals surface area contributed by atoms with Crippen molar-refractivity contribution in [3.63, 3.8) is 0 Å². The van der Waals surface area contributed by atoms with Gasteiger partial charge in [-0.05, 0) is 45.2 Å². The Hall–Kier alpha value is -0.610. The zero-order chi connectivity index (χ0) is 11.5. The average molecular weight is 226 g/mol. The van der Waals surface area contributed by atoms with Crippen molar-refractivity contribution in [1.82, 2.24) is 9.80 Å². The Morgan fingerprint density at radius 2 is 2.19 bits per heavy atom. The van der Waals surface area contributed by atoms with Crippen LogP contribution in [0.15, 0.2) is 0 Å². The van der Waals surface area contributed by atoms with Crippen LogP contribution in [0.25, 0.3) is 0 Å². The van der Waals surface area contributed by atoms with E-state index in [1.54, 1.807) is 0 Å². The zero-order valence-corrected chi connectivity index (χ0v) is 10.1. The van der Waals surface area contributed by atoms with Crippen molar-refractivity contribution in [2.24, 2.45) is 5.92 Å². The lowest BCUT2D eigenvalue weighted by atomic mass is 9.97. The van der Waals surface area contributed by atoms with Gasteiger partial charge in [-0.1, -0.05) is 0 Å². The van der Waals surface area contributed by atoms with E-state index in [2.05, 4.69) is 16.8 Å². The Morgan fingerprint density at radius 3 is 2.81 bits per heavy atom. The van der Waals surface area contributed by atoms with Gasteiger partial charge in [0.25, 0.3) is 0 Å². The van der Waals surface area contributed by atoms with Gasteiger partial charge < -0.3 is 10.0 Å².